The molecule has 130 valence electrons. The Morgan fingerprint density at radius 1 is 1.15 bits per heavy atom. The lowest BCUT2D eigenvalue weighted by molar-refractivity contribution is 1.31. The lowest BCUT2D eigenvalue weighted by Crippen LogP contribution is -1.98. The van der Waals surface area contributed by atoms with E-state index >= 15 is 0 Å². The highest BCUT2D eigenvalue weighted by Gasteiger charge is 2.13. The van der Waals surface area contributed by atoms with Gasteiger partial charge in [0.05, 0.1) is 21.9 Å². The fourth-order valence-corrected chi connectivity index (χ4v) is 2.98. The van der Waals surface area contributed by atoms with Crippen molar-refractivity contribution in [3.8, 4) is 0 Å². The first-order valence-corrected chi connectivity index (χ1v) is 8.74. The molecule has 0 radical (unpaired) electrons. The van der Waals surface area contributed by atoms with E-state index in [0.717, 1.165) is 39.1 Å². The average molecular weight is 362 g/mol. The van der Waals surface area contributed by atoms with Crippen LogP contribution in [0.15, 0.2) is 84.2 Å². The van der Waals surface area contributed by atoms with Crippen LogP contribution in [0.4, 0.5) is 11.4 Å². The van der Waals surface area contributed by atoms with Gasteiger partial charge in [-0.25, -0.2) is 4.98 Å². The molecule has 0 spiro atoms. The molecule has 0 fully saturated rings. The van der Waals surface area contributed by atoms with Gasteiger partial charge in [0.2, 0.25) is 0 Å². The molecule has 0 saturated carbocycles. The fraction of sp³-hybridized carbons (Fsp3) is 0.0909. The SMILES string of the molecule is C=C/C(C)=C(Cl)\C(=C/C)c1cc(Nc2ccncc2)c2ccccc2n1. The summed E-state index contributed by atoms with van der Waals surface area (Å²) in [6, 6.07) is 13.9. The number of allylic oxidation sites excluding steroid dienone is 5. The van der Waals surface area contributed by atoms with Crippen LogP contribution in [-0.2, 0) is 0 Å². The third-order valence-electron chi connectivity index (χ3n) is 4.13. The van der Waals surface area contributed by atoms with E-state index in [-0.39, 0.29) is 0 Å². The Kier molecular flexibility index (Phi) is 5.49. The van der Waals surface area contributed by atoms with Gasteiger partial charge in [0.15, 0.2) is 0 Å². The topological polar surface area (TPSA) is 37.8 Å². The van der Waals surface area contributed by atoms with Crippen molar-refractivity contribution >= 4 is 39.5 Å². The van der Waals surface area contributed by atoms with Gasteiger partial charge in [-0.2, -0.15) is 0 Å². The number of nitrogens with one attached hydrogen (secondary N) is 1. The van der Waals surface area contributed by atoms with E-state index in [4.69, 9.17) is 16.6 Å². The van der Waals surface area contributed by atoms with Crippen LogP contribution < -0.4 is 5.32 Å². The van der Waals surface area contributed by atoms with Gasteiger partial charge in [-0.1, -0.05) is 48.5 Å². The third-order valence-corrected chi connectivity index (χ3v) is 4.63. The molecule has 4 heteroatoms. The Morgan fingerprint density at radius 3 is 2.58 bits per heavy atom. The maximum Gasteiger partial charge on any atom is 0.0742 e. The summed E-state index contributed by atoms with van der Waals surface area (Å²) in [6.45, 7) is 7.71. The van der Waals surface area contributed by atoms with Crippen LogP contribution in [0, 0.1) is 0 Å². The monoisotopic (exact) mass is 361 g/mol. The largest absolute Gasteiger partial charge is 0.355 e. The molecular weight excluding hydrogens is 342 g/mol. The van der Waals surface area contributed by atoms with Gasteiger partial charge in [0.25, 0.3) is 0 Å². The maximum atomic E-state index is 6.57. The molecule has 1 N–H and O–H groups in total. The van der Waals surface area contributed by atoms with Gasteiger partial charge in [0.1, 0.15) is 0 Å². The van der Waals surface area contributed by atoms with Gasteiger partial charge in [-0.15, -0.1) is 0 Å². The standard InChI is InChI=1S/C22H20ClN3/c1-4-15(3)22(23)17(5-2)20-14-21(25-16-10-12-24-13-11-16)18-8-6-7-9-19(18)26-20/h4-14H,1H2,2-3H3,(H,24,25,26)/b17-5-,22-15+. The predicted octanol–water partition coefficient (Wildman–Crippen LogP) is 6.48. The number of para-hydroxylation sites is 1. The molecule has 0 bridgehead atoms. The summed E-state index contributed by atoms with van der Waals surface area (Å²) in [6.07, 6.45) is 7.25. The van der Waals surface area contributed by atoms with Gasteiger partial charge >= 0.3 is 0 Å². The molecule has 0 amide bonds. The Morgan fingerprint density at radius 2 is 1.88 bits per heavy atom. The molecule has 2 heterocycles. The molecule has 1 aromatic carbocycles. The smallest absolute Gasteiger partial charge is 0.0742 e. The minimum absolute atomic E-state index is 0.653. The molecule has 0 aliphatic heterocycles. The normalized spacial score (nSPS) is 12.7. The highest BCUT2D eigenvalue weighted by molar-refractivity contribution is 6.37. The molecular formula is C22H20ClN3. The van der Waals surface area contributed by atoms with E-state index in [2.05, 4.69) is 22.9 Å². The summed E-state index contributed by atoms with van der Waals surface area (Å²) in [5, 5.41) is 5.16. The van der Waals surface area contributed by atoms with Crippen molar-refractivity contribution in [2.24, 2.45) is 0 Å². The number of rotatable bonds is 5. The molecule has 26 heavy (non-hydrogen) atoms. The highest BCUT2D eigenvalue weighted by Crippen LogP contribution is 2.33. The van der Waals surface area contributed by atoms with Crippen LogP contribution in [0.3, 0.4) is 0 Å². The van der Waals surface area contributed by atoms with Crippen molar-refractivity contribution in [3.63, 3.8) is 0 Å². The lowest BCUT2D eigenvalue weighted by atomic mass is 10.0. The third kappa shape index (κ3) is 3.68. The number of hydrogen-bond acceptors (Lipinski definition) is 3. The number of fused-ring (bicyclic) bond motifs is 1. The number of nitrogens with zero attached hydrogens (tertiary/aromatic N) is 2. The first kappa shape index (κ1) is 17.9. The Balaban J connectivity index is 2.17. The molecule has 0 atom stereocenters. The molecule has 3 rings (SSSR count). The molecule has 3 nitrogen and oxygen atoms in total. The summed E-state index contributed by atoms with van der Waals surface area (Å²) >= 11 is 6.57. The maximum absolute atomic E-state index is 6.57. The highest BCUT2D eigenvalue weighted by atomic mass is 35.5. The van der Waals surface area contributed by atoms with Gasteiger partial charge in [-0.3, -0.25) is 4.98 Å². The predicted molar refractivity (Wildman–Crippen MR) is 112 cm³/mol. The molecule has 2 aromatic heterocycles. The van der Waals surface area contributed by atoms with Crippen LogP contribution in [0.2, 0.25) is 0 Å². The number of halogens is 1. The summed E-state index contributed by atoms with van der Waals surface area (Å²) in [5.74, 6) is 0. The van der Waals surface area contributed by atoms with Crippen molar-refractivity contribution in [1.29, 1.82) is 0 Å². The summed E-state index contributed by atoms with van der Waals surface area (Å²) in [5.41, 5.74) is 5.45. The summed E-state index contributed by atoms with van der Waals surface area (Å²) < 4.78 is 0. The summed E-state index contributed by atoms with van der Waals surface area (Å²) in [7, 11) is 0. The van der Waals surface area contributed by atoms with Crippen LogP contribution in [0.25, 0.3) is 16.5 Å². The lowest BCUT2D eigenvalue weighted by Gasteiger charge is -2.14. The van der Waals surface area contributed by atoms with Crippen LogP contribution in [0.1, 0.15) is 19.5 Å². The van der Waals surface area contributed by atoms with Crippen molar-refractivity contribution in [1.82, 2.24) is 9.97 Å². The summed E-state index contributed by atoms with van der Waals surface area (Å²) in [4.78, 5) is 8.88. The van der Waals surface area contributed by atoms with E-state index in [0.29, 0.717) is 5.03 Å². The van der Waals surface area contributed by atoms with E-state index in [1.54, 1.807) is 18.5 Å². The van der Waals surface area contributed by atoms with Crippen molar-refractivity contribution < 1.29 is 0 Å². The van der Waals surface area contributed by atoms with Crippen LogP contribution in [-0.4, -0.2) is 9.97 Å². The second kappa shape index (κ2) is 7.98. The Labute approximate surface area is 158 Å². The molecule has 0 unspecified atom stereocenters. The first-order valence-electron chi connectivity index (χ1n) is 8.36. The van der Waals surface area contributed by atoms with Crippen molar-refractivity contribution in [2.45, 2.75) is 13.8 Å². The van der Waals surface area contributed by atoms with E-state index in [9.17, 15) is 0 Å². The molecule has 0 saturated heterocycles. The fourth-order valence-electron chi connectivity index (χ4n) is 2.70. The van der Waals surface area contributed by atoms with Gasteiger partial charge < -0.3 is 5.32 Å². The number of aromatic nitrogens is 2. The van der Waals surface area contributed by atoms with Crippen LogP contribution in [0.5, 0.6) is 0 Å². The quantitative estimate of drug-likeness (QED) is 0.529. The average Bonchev–Trinajstić information content (AvgIpc) is 2.68. The van der Waals surface area contributed by atoms with Crippen molar-refractivity contribution in [3.05, 3.63) is 89.9 Å². The Bertz CT molecular complexity index is 1000. The minimum Gasteiger partial charge on any atom is -0.355 e. The zero-order chi connectivity index (χ0) is 18.5. The van der Waals surface area contributed by atoms with E-state index in [1.165, 1.54) is 0 Å². The zero-order valence-electron chi connectivity index (χ0n) is 14.8. The molecule has 0 aliphatic carbocycles. The first-order chi connectivity index (χ1) is 12.6. The zero-order valence-corrected chi connectivity index (χ0v) is 15.6. The molecule has 3 aromatic rings. The second-order valence-corrected chi connectivity index (χ2v) is 6.21. The van der Waals surface area contributed by atoms with Gasteiger partial charge in [-0.05, 0) is 43.7 Å². The number of benzene rings is 1. The number of pyridine rings is 2. The molecule has 0 aliphatic rings. The van der Waals surface area contributed by atoms with Gasteiger partial charge in [0, 0.05) is 29.0 Å². The second-order valence-electron chi connectivity index (χ2n) is 5.84. The van der Waals surface area contributed by atoms with E-state index < -0.39 is 0 Å². The Hall–Kier alpha value is -2.91. The minimum atomic E-state index is 0.653. The van der Waals surface area contributed by atoms with E-state index in [1.807, 2.05) is 56.3 Å². The van der Waals surface area contributed by atoms with Crippen LogP contribution >= 0.6 is 11.6 Å². The van der Waals surface area contributed by atoms with Crippen molar-refractivity contribution in [2.75, 3.05) is 5.32 Å². The number of hydrogen-bond donors (Lipinski definition) is 1. The number of anilines is 2.